The maximum atomic E-state index is 12.8. The first-order chi connectivity index (χ1) is 30.6. The molecule has 368 valence electrons. The summed E-state index contributed by atoms with van der Waals surface area (Å²) >= 11 is 0. The highest BCUT2D eigenvalue weighted by Gasteiger charge is 2.26. The van der Waals surface area contributed by atoms with E-state index in [1.54, 1.807) is 0 Å². The van der Waals surface area contributed by atoms with Crippen molar-refractivity contribution in [3.05, 3.63) is 60.8 Å². The van der Waals surface area contributed by atoms with E-state index in [4.69, 9.17) is 18.5 Å². The zero-order chi connectivity index (χ0) is 46.2. The number of carbonyl (C=O) groups excluding carboxylic acids is 1. The van der Waals surface area contributed by atoms with Crippen molar-refractivity contribution in [3.8, 4) is 0 Å². The van der Waals surface area contributed by atoms with Crippen molar-refractivity contribution in [1.29, 1.82) is 0 Å². The molecular weight excluding hydrogens is 806 g/mol. The molecule has 9 heteroatoms. The molecular formula is C54H101NO7P+. The Morgan fingerprint density at radius 1 is 0.508 bits per heavy atom. The molecule has 0 aromatic rings. The van der Waals surface area contributed by atoms with Gasteiger partial charge in [0.15, 0.2) is 0 Å². The fourth-order valence-electron chi connectivity index (χ4n) is 7.07. The average Bonchev–Trinajstić information content (AvgIpc) is 3.24. The van der Waals surface area contributed by atoms with Crippen LogP contribution < -0.4 is 0 Å². The molecule has 0 aliphatic carbocycles. The van der Waals surface area contributed by atoms with Gasteiger partial charge in [-0.15, -0.1) is 0 Å². The van der Waals surface area contributed by atoms with E-state index < -0.39 is 13.9 Å². The molecule has 1 N–H and O–H groups in total. The minimum Gasteiger partial charge on any atom is -0.457 e. The van der Waals surface area contributed by atoms with Gasteiger partial charge in [0.2, 0.25) is 0 Å². The maximum absolute atomic E-state index is 12.8. The number of phosphoric acid groups is 1. The van der Waals surface area contributed by atoms with Crippen LogP contribution in [0.25, 0.3) is 0 Å². The van der Waals surface area contributed by atoms with Gasteiger partial charge in [0.1, 0.15) is 19.3 Å². The summed E-state index contributed by atoms with van der Waals surface area (Å²) in [5.74, 6) is -0.319. The Balaban J connectivity index is 4.14. The van der Waals surface area contributed by atoms with Crippen LogP contribution in [0.3, 0.4) is 0 Å². The lowest BCUT2D eigenvalue weighted by molar-refractivity contribution is -0.870. The largest absolute Gasteiger partial charge is 0.472 e. The minimum absolute atomic E-state index is 0.0855. The van der Waals surface area contributed by atoms with E-state index in [-0.39, 0.29) is 25.8 Å². The number of esters is 1. The molecule has 0 saturated carbocycles. The Morgan fingerprint density at radius 3 is 1.40 bits per heavy atom. The van der Waals surface area contributed by atoms with Crippen LogP contribution in [0, 0.1) is 0 Å². The highest BCUT2D eigenvalue weighted by molar-refractivity contribution is 7.47. The van der Waals surface area contributed by atoms with Gasteiger partial charge in [0.25, 0.3) is 0 Å². The number of hydrogen-bond donors (Lipinski definition) is 1. The standard InChI is InChI=1S/C54H100NO7P/c1-6-8-10-12-14-16-18-20-22-24-26-27-28-29-30-31-33-35-37-39-41-43-45-47-54(56)62-53(52-61-63(57,58)60-50-48-55(3,4)5)51-59-49-46-44-42-40-38-36-34-32-25-23-21-19-17-15-13-11-9-7-2/h8,10,14,16,20-23,26-27,53H,6-7,9,11-13,15,17-19,24-25,28-52H2,1-5H3/p+1/b10-8-,16-14-,22-20-,23-21-,27-26-. The number of allylic oxidation sites excluding steroid dienone is 10. The summed E-state index contributed by atoms with van der Waals surface area (Å²) in [5, 5.41) is 0. The lowest BCUT2D eigenvalue weighted by Gasteiger charge is -2.24. The third-order valence-electron chi connectivity index (χ3n) is 11.1. The third-order valence-corrected chi connectivity index (χ3v) is 12.0. The van der Waals surface area contributed by atoms with Crippen LogP contribution >= 0.6 is 7.82 Å². The second-order valence-electron chi connectivity index (χ2n) is 18.5. The van der Waals surface area contributed by atoms with Crippen LogP contribution in [0.1, 0.15) is 219 Å². The van der Waals surface area contributed by atoms with Gasteiger partial charge in [-0.05, 0) is 77.0 Å². The summed E-state index contributed by atoms with van der Waals surface area (Å²) in [6.45, 7) is 5.51. The fourth-order valence-corrected chi connectivity index (χ4v) is 7.81. The molecule has 0 aliphatic heterocycles. The highest BCUT2D eigenvalue weighted by Crippen LogP contribution is 2.43. The smallest absolute Gasteiger partial charge is 0.457 e. The van der Waals surface area contributed by atoms with Crippen molar-refractivity contribution in [1.82, 2.24) is 0 Å². The van der Waals surface area contributed by atoms with Crippen LogP contribution in [0.2, 0.25) is 0 Å². The quantitative estimate of drug-likeness (QED) is 0.0214. The summed E-state index contributed by atoms with van der Waals surface area (Å²) in [7, 11) is 1.66. The topological polar surface area (TPSA) is 91.3 Å². The van der Waals surface area contributed by atoms with E-state index in [0.29, 0.717) is 24.1 Å². The van der Waals surface area contributed by atoms with Gasteiger partial charge in [-0.3, -0.25) is 13.8 Å². The molecule has 2 unspecified atom stereocenters. The van der Waals surface area contributed by atoms with E-state index >= 15 is 0 Å². The number of rotatable bonds is 48. The number of phosphoric ester groups is 1. The summed E-state index contributed by atoms with van der Waals surface area (Å²) in [6, 6.07) is 0. The predicted molar refractivity (Wildman–Crippen MR) is 270 cm³/mol. The van der Waals surface area contributed by atoms with Gasteiger partial charge in [-0.25, -0.2) is 4.57 Å². The van der Waals surface area contributed by atoms with Gasteiger partial charge in [-0.1, -0.05) is 197 Å². The Kier molecular flexibility index (Phi) is 45.4. The molecule has 0 aromatic carbocycles. The number of carbonyl (C=O) groups is 1. The van der Waals surface area contributed by atoms with Crippen LogP contribution in [-0.4, -0.2) is 75.6 Å². The number of quaternary nitrogens is 1. The van der Waals surface area contributed by atoms with E-state index in [1.807, 2.05) is 21.1 Å². The zero-order valence-electron chi connectivity index (χ0n) is 41.8. The molecule has 0 aromatic heterocycles. The van der Waals surface area contributed by atoms with Gasteiger partial charge >= 0.3 is 13.8 Å². The Morgan fingerprint density at radius 2 is 0.921 bits per heavy atom. The lowest BCUT2D eigenvalue weighted by Crippen LogP contribution is -2.37. The van der Waals surface area contributed by atoms with Gasteiger partial charge < -0.3 is 18.9 Å². The normalized spacial score (nSPS) is 14.1. The van der Waals surface area contributed by atoms with Crippen molar-refractivity contribution < 1.29 is 37.3 Å². The van der Waals surface area contributed by atoms with Gasteiger partial charge in [-0.2, -0.15) is 0 Å². The summed E-state index contributed by atoms with van der Waals surface area (Å²) < 4.78 is 35.2. The van der Waals surface area contributed by atoms with Crippen LogP contribution in [0.4, 0.5) is 0 Å². The highest BCUT2D eigenvalue weighted by atomic mass is 31.2. The third kappa shape index (κ3) is 51.1. The van der Waals surface area contributed by atoms with Crippen LogP contribution in [0.15, 0.2) is 60.8 Å². The number of nitrogens with zero attached hydrogens (tertiary/aromatic N) is 1. The van der Waals surface area contributed by atoms with Crippen molar-refractivity contribution in [2.75, 3.05) is 54.1 Å². The van der Waals surface area contributed by atoms with Crippen LogP contribution in [0.5, 0.6) is 0 Å². The number of unbranched alkanes of at least 4 members (excludes halogenated alkanes) is 24. The lowest BCUT2D eigenvalue weighted by atomic mass is 10.0. The molecule has 0 heterocycles. The Labute approximate surface area is 390 Å². The van der Waals surface area contributed by atoms with Crippen molar-refractivity contribution in [2.45, 2.75) is 225 Å². The van der Waals surface area contributed by atoms with Crippen molar-refractivity contribution >= 4 is 13.8 Å². The summed E-state index contributed by atoms with van der Waals surface area (Å²) in [4.78, 5) is 23.0. The SMILES string of the molecule is CC/C=C\C/C=C\C/C=C\C/C=C\CCCCCCCCCCCCC(=O)OC(COCCCCCCCCCC/C=C\CCCCCCCC)COP(=O)(O)OCC[N+](C)(C)C. The molecule has 0 bridgehead atoms. The van der Waals surface area contributed by atoms with Crippen LogP contribution in [-0.2, 0) is 27.9 Å². The molecule has 0 saturated heterocycles. The van der Waals surface area contributed by atoms with Crippen molar-refractivity contribution in [3.63, 3.8) is 0 Å². The zero-order valence-corrected chi connectivity index (χ0v) is 42.7. The molecule has 0 amide bonds. The minimum atomic E-state index is -4.28. The first-order valence-electron chi connectivity index (χ1n) is 26.0. The van der Waals surface area contributed by atoms with E-state index in [2.05, 4.69) is 74.6 Å². The second-order valence-corrected chi connectivity index (χ2v) is 20.0. The second kappa shape index (κ2) is 46.7. The monoisotopic (exact) mass is 907 g/mol. The number of hydrogen-bond acceptors (Lipinski definition) is 6. The fraction of sp³-hybridized carbons (Fsp3) is 0.796. The molecule has 0 aliphatic rings. The van der Waals surface area contributed by atoms with Gasteiger partial charge in [0, 0.05) is 13.0 Å². The predicted octanol–water partition coefficient (Wildman–Crippen LogP) is 16.1. The number of likely N-dealkylation sites (N-methyl/N-ethyl adjacent to an activating group) is 1. The van der Waals surface area contributed by atoms with E-state index in [0.717, 1.165) is 57.8 Å². The first-order valence-corrected chi connectivity index (χ1v) is 27.5. The molecule has 0 fully saturated rings. The Hall–Kier alpha value is -1.80. The molecule has 63 heavy (non-hydrogen) atoms. The molecule has 0 radical (unpaired) electrons. The van der Waals surface area contributed by atoms with E-state index in [9.17, 15) is 14.3 Å². The van der Waals surface area contributed by atoms with Crippen molar-refractivity contribution in [2.24, 2.45) is 0 Å². The summed E-state index contributed by atoms with van der Waals surface area (Å²) in [6.07, 6.45) is 59.8. The molecule has 0 spiro atoms. The first kappa shape index (κ1) is 61.2. The van der Waals surface area contributed by atoms with E-state index in [1.165, 1.54) is 141 Å². The summed E-state index contributed by atoms with van der Waals surface area (Å²) in [5.41, 5.74) is 0. The molecule has 0 rings (SSSR count). The van der Waals surface area contributed by atoms with Gasteiger partial charge in [0.05, 0.1) is 34.4 Å². The Bertz CT molecular complexity index is 1190. The molecule has 2 atom stereocenters. The molecule has 8 nitrogen and oxygen atoms in total. The maximum Gasteiger partial charge on any atom is 0.472 e. The average molecular weight is 907 g/mol. The number of ether oxygens (including phenoxy) is 2.